The van der Waals surface area contributed by atoms with Gasteiger partial charge in [0.05, 0.1) is 6.61 Å². The Kier molecular flexibility index (Phi) is 11.1. The van der Waals surface area contributed by atoms with Crippen molar-refractivity contribution in [3.63, 3.8) is 0 Å². The van der Waals surface area contributed by atoms with E-state index in [1.54, 1.807) is 0 Å². The van der Waals surface area contributed by atoms with Crippen LogP contribution in [0.25, 0.3) is 0 Å². The molecule has 0 amide bonds. The van der Waals surface area contributed by atoms with E-state index in [2.05, 4.69) is 19.1 Å². The summed E-state index contributed by atoms with van der Waals surface area (Å²) in [5, 5.41) is 0. The average Bonchev–Trinajstić information content (AvgIpc) is 2.52. The first-order chi connectivity index (χ1) is 10.4. The molecule has 0 aliphatic heterocycles. The van der Waals surface area contributed by atoms with Crippen LogP contribution < -0.4 is 0 Å². The molecule has 0 aromatic heterocycles. The predicted molar refractivity (Wildman–Crippen MR) is 89.3 cm³/mol. The van der Waals surface area contributed by atoms with Crippen molar-refractivity contribution in [2.75, 3.05) is 6.61 Å². The summed E-state index contributed by atoms with van der Waals surface area (Å²) in [4.78, 5) is 0. The molecule has 1 aromatic carbocycles. The van der Waals surface area contributed by atoms with Crippen molar-refractivity contribution in [2.45, 2.75) is 78.1 Å². The molecule has 0 saturated carbocycles. The van der Waals surface area contributed by atoms with Gasteiger partial charge in [0.15, 0.2) is 6.29 Å². The Morgan fingerprint density at radius 3 is 2.14 bits per heavy atom. The summed E-state index contributed by atoms with van der Waals surface area (Å²) in [5.74, 6) is 0. The van der Waals surface area contributed by atoms with E-state index in [0.717, 1.165) is 13.0 Å². The lowest BCUT2D eigenvalue weighted by Crippen LogP contribution is -2.17. The van der Waals surface area contributed by atoms with E-state index < -0.39 is 0 Å². The van der Waals surface area contributed by atoms with Gasteiger partial charge in [-0.1, -0.05) is 75.8 Å². The van der Waals surface area contributed by atoms with Crippen LogP contribution in [0, 0.1) is 0 Å². The van der Waals surface area contributed by atoms with Crippen LogP contribution >= 0.6 is 0 Å². The number of hydrogen-bond donors (Lipinski definition) is 0. The number of ether oxygens (including phenoxy) is 2. The van der Waals surface area contributed by atoms with Gasteiger partial charge in [0.1, 0.15) is 0 Å². The van der Waals surface area contributed by atoms with Gasteiger partial charge in [0.25, 0.3) is 0 Å². The fourth-order valence-electron chi connectivity index (χ4n) is 2.43. The predicted octanol–water partition coefficient (Wildman–Crippen LogP) is 5.71. The maximum absolute atomic E-state index is 5.89. The zero-order valence-electron chi connectivity index (χ0n) is 13.9. The summed E-state index contributed by atoms with van der Waals surface area (Å²) in [6.45, 7) is 5.65. The third-order valence-electron chi connectivity index (χ3n) is 3.67. The number of hydrogen-bond acceptors (Lipinski definition) is 2. The van der Waals surface area contributed by atoms with Crippen molar-refractivity contribution >= 4 is 0 Å². The standard InChI is InChI=1S/C19H32O2/c1-3-5-6-7-8-9-13-16-19(20-4-2)21-17-18-14-11-10-12-15-18/h10-12,14-15,19H,3-9,13,16-17H2,1-2H3. The second kappa shape index (κ2) is 12.8. The monoisotopic (exact) mass is 292 g/mol. The smallest absolute Gasteiger partial charge is 0.158 e. The molecule has 0 heterocycles. The van der Waals surface area contributed by atoms with E-state index in [4.69, 9.17) is 9.47 Å². The van der Waals surface area contributed by atoms with Gasteiger partial charge in [-0.2, -0.15) is 0 Å². The molecular formula is C19H32O2. The molecule has 0 saturated heterocycles. The Morgan fingerprint density at radius 1 is 0.810 bits per heavy atom. The fraction of sp³-hybridized carbons (Fsp3) is 0.684. The summed E-state index contributed by atoms with van der Waals surface area (Å²) in [5.41, 5.74) is 1.21. The van der Waals surface area contributed by atoms with Crippen LogP contribution in [0.2, 0.25) is 0 Å². The quantitative estimate of drug-likeness (QED) is 0.342. The minimum Gasteiger partial charge on any atom is -0.353 e. The normalized spacial score (nSPS) is 12.5. The first-order valence-corrected chi connectivity index (χ1v) is 8.64. The topological polar surface area (TPSA) is 18.5 Å². The summed E-state index contributed by atoms with van der Waals surface area (Å²) in [6.07, 6.45) is 10.3. The van der Waals surface area contributed by atoms with Gasteiger partial charge in [-0.05, 0) is 25.3 Å². The van der Waals surface area contributed by atoms with E-state index >= 15 is 0 Å². The van der Waals surface area contributed by atoms with Crippen molar-refractivity contribution in [1.82, 2.24) is 0 Å². The molecule has 2 heteroatoms. The zero-order valence-corrected chi connectivity index (χ0v) is 13.9. The van der Waals surface area contributed by atoms with Crippen LogP contribution in [-0.4, -0.2) is 12.9 Å². The van der Waals surface area contributed by atoms with Gasteiger partial charge < -0.3 is 9.47 Å². The van der Waals surface area contributed by atoms with Gasteiger partial charge in [0.2, 0.25) is 0 Å². The van der Waals surface area contributed by atoms with Crippen molar-refractivity contribution in [3.8, 4) is 0 Å². The van der Waals surface area contributed by atoms with E-state index in [1.807, 2.05) is 25.1 Å². The van der Waals surface area contributed by atoms with Crippen LogP contribution in [0.5, 0.6) is 0 Å². The van der Waals surface area contributed by atoms with Crippen molar-refractivity contribution in [1.29, 1.82) is 0 Å². The lowest BCUT2D eigenvalue weighted by atomic mass is 10.1. The van der Waals surface area contributed by atoms with Gasteiger partial charge in [0, 0.05) is 6.61 Å². The van der Waals surface area contributed by atoms with Crippen molar-refractivity contribution in [2.24, 2.45) is 0 Å². The highest BCUT2D eigenvalue weighted by atomic mass is 16.7. The molecule has 0 aliphatic carbocycles. The summed E-state index contributed by atoms with van der Waals surface area (Å²) in [7, 11) is 0. The molecule has 0 spiro atoms. The molecule has 2 nitrogen and oxygen atoms in total. The second-order valence-electron chi connectivity index (χ2n) is 5.59. The molecule has 1 aromatic rings. The number of rotatable bonds is 13. The van der Waals surface area contributed by atoms with Crippen LogP contribution in [0.1, 0.15) is 70.8 Å². The molecule has 0 N–H and O–H groups in total. The van der Waals surface area contributed by atoms with Gasteiger partial charge in [-0.3, -0.25) is 0 Å². The number of unbranched alkanes of at least 4 members (excludes halogenated alkanes) is 6. The van der Waals surface area contributed by atoms with Crippen molar-refractivity contribution in [3.05, 3.63) is 35.9 Å². The lowest BCUT2D eigenvalue weighted by molar-refractivity contribution is -0.150. The van der Waals surface area contributed by atoms with E-state index in [1.165, 1.54) is 50.5 Å². The Labute approximate surface area is 130 Å². The highest BCUT2D eigenvalue weighted by molar-refractivity contribution is 5.13. The maximum atomic E-state index is 5.89. The first kappa shape index (κ1) is 18.2. The molecule has 1 atom stereocenters. The molecule has 1 unspecified atom stereocenters. The number of benzene rings is 1. The fourth-order valence-corrected chi connectivity index (χ4v) is 2.43. The Bertz CT molecular complexity index is 324. The first-order valence-electron chi connectivity index (χ1n) is 8.64. The Balaban J connectivity index is 2.12. The SMILES string of the molecule is CCCCCCCCCC(OCC)OCc1ccccc1. The zero-order chi connectivity index (χ0) is 15.2. The molecule has 0 bridgehead atoms. The molecule has 0 fully saturated rings. The summed E-state index contributed by atoms with van der Waals surface area (Å²) in [6, 6.07) is 10.3. The third-order valence-corrected chi connectivity index (χ3v) is 3.67. The largest absolute Gasteiger partial charge is 0.353 e. The van der Waals surface area contributed by atoms with Crippen molar-refractivity contribution < 1.29 is 9.47 Å². The minimum absolute atomic E-state index is 0.0501. The highest BCUT2D eigenvalue weighted by Crippen LogP contribution is 2.13. The highest BCUT2D eigenvalue weighted by Gasteiger charge is 2.08. The van der Waals surface area contributed by atoms with E-state index in [9.17, 15) is 0 Å². The van der Waals surface area contributed by atoms with Gasteiger partial charge in [-0.15, -0.1) is 0 Å². The summed E-state index contributed by atoms with van der Waals surface area (Å²) < 4.78 is 11.6. The lowest BCUT2D eigenvalue weighted by Gasteiger charge is -2.17. The third kappa shape index (κ3) is 9.65. The van der Waals surface area contributed by atoms with Gasteiger partial charge >= 0.3 is 0 Å². The van der Waals surface area contributed by atoms with E-state index in [0.29, 0.717) is 6.61 Å². The van der Waals surface area contributed by atoms with E-state index in [-0.39, 0.29) is 6.29 Å². The molecule has 1 rings (SSSR count). The van der Waals surface area contributed by atoms with Gasteiger partial charge in [-0.25, -0.2) is 0 Å². The molecule has 21 heavy (non-hydrogen) atoms. The molecule has 0 radical (unpaired) electrons. The molecule has 0 aliphatic rings. The molecular weight excluding hydrogens is 260 g/mol. The average molecular weight is 292 g/mol. The van der Waals surface area contributed by atoms with Crippen LogP contribution in [-0.2, 0) is 16.1 Å². The maximum Gasteiger partial charge on any atom is 0.158 e. The van der Waals surface area contributed by atoms with Crippen LogP contribution in [0.15, 0.2) is 30.3 Å². The second-order valence-corrected chi connectivity index (χ2v) is 5.59. The van der Waals surface area contributed by atoms with Crippen LogP contribution in [0.4, 0.5) is 0 Å². The van der Waals surface area contributed by atoms with Crippen LogP contribution in [0.3, 0.4) is 0 Å². The Hall–Kier alpha value is -0.860. The summed E-state index contributed by atoms with van der Waals surface area (Å²) >= 11 is 0. The molecule has 120 valence electrons. The Morgan fingerprint density at radius 2 is 1.48 bits per heavy atom. The minimum atomic E-state index is -0.0501.